The Morgan fingerprint density at radius 2 is 1.84 bits per heavy atom. The normalized spacial score (nSPS) is 12.5. The number of carbonyl (C=O) groups excluding carboxylic acids is 1. The number of nitrogens with zero attached hydrogens (tertiary/aromatic N) is 2. The van der Waals surface area contributed by atoms with Crippen molar-refractivity contribution in [2.45, 2.75) is 53.4 Å². The largest absolute Gasteiger partial charge is 0.386 e. The average Bonchev–Trinajstić information content (AvgIpc) is 2.90. The summed E-state index contributed by atoms with van der Waals surface area (Å²) < 4.78 is 28.7. The number of amidine groups is 1. The van der Waals surface area contributed by atoms with Crippen LogP contribution in [-0.2, 0) is 6.42 Å². The van der Waals surface area contributed by atoms with Gasteiger partial charge in [-0.2, -0.15) is 0 Å². The van der Waals surface area contributed by atoms with Gasteiger partial charge in [0.1, 0.15) is 0 Å². The molecule has 2 rings (SSSR count). The second kappa shape index (κ2) is 14.5. The van der Waals surface area contributed by atoms with Crippen LogP contribution in [0.5, 0.6) is 0 Å². The molecule has 0 bridgehead atoms. The number of hydrogen-bond acceptors (Lipinski definition) is 4. The molecule has 37 heavy (non-hydrogen) atoms. The lowest BCUT2D eigenvalue weighted by molar-refractivity contribution is 0.0979. The standard InChI is InChI=1S/C30H34F2N4O/c1-7-10-11-12-27(37)25-14-13-23(18-22(25)9-3)36-30(34-17-8-2)21(5)35-19-20(4)24-15-16-26(33-6)29(32)28(24)31/h1,8,13-19,33H,9-12H2,2-6H3,(H,34,36)/b17-8-,20-19+,35-21+. The van der Waals surface area contributed by atoms with Crippen LogP contribution in [0.15, 0.2) is 58.8 Å². The fourth-order valence-corrected chi connectivity index (χ4v) is 3.60. The Kier molecular flexibility index (Phi) is 11.4. The van der Waals surface area contributed by atoms with Crippen LogP contribution in [0, 0.1) is 24.0 Å². The number of Topliss-reactive ketones (excluding diaryl/α,β-unsaturated/α-hetero) is 1. The lowest BCUT2D eigenvalue weighted by Gasteiger charge is -2.13. The summed E-state index contributed by atoms with van der Waals surface area (Å²) in [5.74, 6) is 1.25. The Morgan fingerprint density at radius 3 is 2.49 bits per heavy atom. The van der Waals surface area contributed by atoms with E-state index < -0.39 is 11.6 Å². The molecule has 7 heteroatoms. The zero-order valence-corrected chi connectivity index (χ0v) is 22.1. The third kappa shape index (κ3) is 7.97. The van der Waals surface area contributed by atoms with Gasteiger partial charge in [-0.15, -0.1) is 12.3 Å². The van der Waals surface area contributed by atoms with Gasteiger partial charge in [-0.3, -0.25) is 9.79 Å². The Hall–Kier alpha value is -4.05. The molecule has 0 fully saturated rings. The molecule has 0 saturated carbocycles. The van der Waals surface area contributed by atoms with E-state index in [1.54, 1.807) is 26.1 Å². The van der Waals surface area contributed by atoms with Gasteiger partial charge < -0.3 is 10.6 Å². The fourth-order valence-electron chi connectivity index (χ4n) is 3.60. The Bertz CT molecular complexity index is 1280. The summed E-state index contributed by atoms with van der Waals surface area (Å²) in [5.41, 5.74) is 3.59. The van der Waals surface area contributed by atoms with Gasteiger partial charge in [0, 0.05) is 49.1 Å². The predicted octanol–water partition coefficient (Wildman–Crippen LogP) is 7.42. The number of aryl methyl sites for hydroxylation is 1. The van der Waals surface area contributed by atoms with Crippen molar-refractivity contribution in [2.75, 3.05) is 17.7 Å². The van der Waals surface area contributed by atoms with Gasteiger partial charge in [0.15, 0.2) is 23.3 Å². The van der Waals surface area contributed by atoms with Crippen molar-refractivity contribution in [3.05, 3.63) is 77.1 Å². The van der Waals surface area contributed by atoms with Gasteiger partial charge in [-0.1, -0.05) is 13.0 Å². The Balaban J connectivity index is 2.32. The lowest BCUT2D eigenvalue weighted by atomic mass is 9.97. The monoisotopic (exact) mass is 504 g/mol. The number of aliphatic imine (C=N–C) groups is 2. The number of halogens is 2. The summed E-state index contributed by atoms with van der Waals surface area (Å²) in [6.45, 7) is 7.28. The maximum atomic E-state index is 14.5. The zero-order chi connectivity index (χ0) is 27.4. The van der Waals surface area contributed by atoms with Gasteiger partial charge in [0.25, 0.3) is 0 Å². The van der Waals surface area contributed by atoms with Crippen LogP contribution in [-0.4, -0.2) is 24.4 Å². The number of benzene rings is 2. The van der Waals surface area contributed by atoms with Crippen LogP contribution in [0.25, 0.3) is 5.57 Å². The van der Waals surface area contributed by atoms with E-state index in [2.05, 4.69) is 26.5 Å². The topological polar surface area (TPSA) is 65.8 Å². The molecule has 0 aliphatic carbocycles. The summed E-state index contributed by atoms with van der Waals surface area (Å²) in [6.07, 6.45) is 12.5. The second-order valence-corrected chi connectivity index (χ2v) is 8.36. The highest BCUT2D eigenvalue weighted by Crippen LogP contribution is 2.25. The van der Waals surface area contributed by atoms with Crippen molar-refractivity contribution in [3.8, 4) is 12.3 Å². The van der Waals surface area contributed by atoms with E-state index in [0.29, 0.717) is 48.4 Å². The minimum Gasteiger partial charge on any atom is -0.386 e. The first-order valence-corrected chi connectivity index (χ1v) is 12.2. The molecule has 5 nitrogen and oxygen atoms in total. The highest BCUT2D eigenvalue weighted by molar-refractivity contribution is 6.45. The van der Waals surface area contributed by atoms with Crippen molar-refractivity contribution in [1.82, 2.24) is 0 Å². The van der Waals surface area contributed by atoms with Gasteiger partial charge in [0.2, 0.25) is 0 Å². The summed E-state index contributed by atoms with van der Waals surface area (Å²) in [5, 5.41) is 5.89. The first-order chi connectivity index (χ1) is 17.8. The number of anilines is 2. The number of terminal acetylenes is 1. The molecule has 0 aliphatic rings. The van der Waals surface area contributed by atoms with Gasteiger partial charge in [-0.05, 0) is 75.1 Å². The van der Waals surface area contributed by atoms with Crippen molar-refractivity contribution in [2.24, 2.45) is 9.98 Å². The third-order valence-electron chi connectivity index (χ3n) is 5.70. The van der Waals surface area contributed by atoms with E-state index in [1.807, 2.05) is 32.0 Å². The lowest BCUT2D eigenvalue weighted by Crippen LogP contribution is -2.21. The number of hydrogen-bond donors (Lipinski definition) is 2. The molecule has 2 aromatic rings. The van der Waals surface area contributed by atoms with Crippen molar-refractivity contribution >= 4 is 34.3 Å². The van der Waals surface area contributed by atoms with Crippen LogP contribution in [0.3, 0.4) is 0 Å². The molecule has 0 radical (unpaired) electrons. The first kappa shape index (κ1) is 29.2. The number of allylic oxidation sites excluding steroid dienone is 2. The predicted molar refractivity (Wildman–Crippen MR) is 151 cm³/mol. The van der Waals surface area contributed by atoms with Crippen LogP contribution >= 0.6 is 0 Å². The second-order valence-electron chi connectivity index (χ2n) is 8.36. The third-order valence-corrected chi connectivity index (χ3v) is 5.70. The highest BCUT2D eigenvalue weighted by Gasteiger charge is 2.14. The summed E-state index contributed by atoms with van der Waals surface area (Å²) in [7, 11) is 1.53. The van der Waals surface area contributed by atoms with E-state index in [4.69, 9.17) is 6.42 Å². The van der Waals surface area contributed by atoms with Crippen molar-refractivity contribution < 1.29 is 13.6 Å². The molecule has 0 heterocycles. The maximum Gasteiger partial charge on any atom is 0.182 e. The van der Waals surface area contributed by atoms with E-state index in [-0.39, 0.29) is 17.0 Å². The summed E-state index contributed by atoms with van der Waals surface area (Å²) in [4.78, 5) is 21.5. The number of rotatable bonds is 11. The number of carbonyl (C=O) groups is 1. The SMILES string of the molecule is C#CCCCC(=O)c1ccc(NC(=N/C=C\C)/C(C)=N/C=C(\C)c2ccc(NC)c(F)c2F)cc1CC. The molecule has 0 amide bonds. The molecule has 0 unspecified atom stereocenters. The molecule has 0 saturated heterocycles. The fraction of sp³-hybridized carbons (Fsp3) is 0.300. The smallest absolute Gasteiger partial charge is 0.182 e. The van der Waals surface area contributed by atoms with Crippen molar-refractivity contribution in [3.63, 3.8) is 0 Å². The van der Waals surface area contributed by atoms with E-state index in [1.165, 1.54) is 25.4 Å². The average molecular weight is 505 g/mol. The molecule has 2 N–H and O–H groups in total. The molecule has 0 aromatic heterocycles. The molecular weight excluding hydrogens is 470 g/mol. The molecule has 0 atom stereocenters. The van der Waals surface area contributed by atoms with Gasteiger partial charge >= 0.3 is 0 Å². The Labute approximate surface area is 218 Å². The maximum absolute atomic E-state index is 14.5. The Morgan fingerprint density at radius 1 is 1.11 bits per heavy atom. The quantitative estimate of drug-likeness (QED) is 0.110. The van der Waals surface area contributed by atoms with E-state index in [0.717, 1.165) is 11.3 Å². The minimum absolute atomic E-state index is 0.0752. The van der Waals surface area contributed by atoms with E-state index >= 15 is 0 Å². The minimum atomic E-state index is -0.935. The number of ketones is 1. The van der Waals surface area contributed by atoms with Gasteiger partial charge in [-0.25, -0.2) is 13.8 Å². The van der Waals surface area contributed by atoms with Gasteiger partial charge in [0.05, 0.1) is 11.4 Å². The van der Waals surface area contributed by atoms with Crippen LogP contribution < -0.4 is 10.6 Å². The van der Waals surface area contributed by atoms with Crippen molar-refractivity contribution in [1.29, 1.82) is 0 Å². The summed E-state index contributed by atoms with van der Waals surface area (Å²) in [6, 6.07) is 8.56. The molecule has 0 spiro atoms. The first-order valence-electron chi connectivity index (χ1n) is 12.2. The van der Waals surface area contributed by atoms with Crippen LogP contribution in [0.1, 0.15) is 68.4 Å². The van der Waals surface area contributed by atoms with Crippen LogP contribution in [0.2, 0.25) is 0 Å². The number of unbranched alkanes of at least 4 members (excludes halogenated alkanes) is 1. The summed E-state index contributed by atoms with van der Waals surface area (Å²) >= 11 is 0. The zero-order valence-electron chi connectivity index (χ0n) is 22.1. The molecule has 2 aromatic carbocycles. The molecule has 0 aliphatic heterocycles. The van der Waals surface area contributed by atoms with Crippen LogP contribution in [0.4, 0.5) is 20.2 Å². The molecule has 194 valence electrons. The van der Waals surface area contributed by atoms with E-state index in [9.17, 15) is 13.6 Å². The molecular formula is C30H34F2N4O. The number of nitrogens with one attached hydrogen (secondary N) is 2. The highest BCUT2D eigenvalue weighted by atomic mass is 19.2.